The molecule has 2 saturated heterocycles. The number of hydrogen-bond acceptors (Lipinski definition) is 6. The Balaban J connectivity index is 1.31. The van der Waals surface area contributed by atoms with Crippen molar-refractivity contribution in [1.29, 1.82) is 5.26 Å². The standard InChI is InChI=1S/C24H35FN4O4/c1-2-33-21(31)17-4-3-11-28(15-17)22(32)23-5-8-24(9-6-23,10-7-23)27-14-20(30)29-16-18(25)12-19(29)13-26/h17-19,27H,2-12,14-16H2,1H3/t17?,18-,19-,23?,24?/m0/s1. The van der Waals surface area contributed by atoms with E-state index in [1.807, 2.05) is 11.0 Å². The number of amides is 2. The zero-order valence-electron chi connectivity index (χ0n) is 19.5. The average Bonchev–Trinajstić information content (AvgIpc) is 3.24. The van der Waals surface area contributed by atoms with Gasteiger partial charge in [0, 0.05) is 30.5 Å². The largest absolute Gasteiger partial charge is 0.466 e. The van der Waals surface area contributed by atoms with Gasteiger partial charge in [-0.2, -0.15) is 5.26 Å². The molecule has 5 rings (SSSR count). The van der Waals surface area contributed by atoms with Gasteiger partial charge in [-0.15, -0.1) is 0 Å². The molecule has 182 valence electrons. The molecule has 2 heterocycles. The monoisotopic (exact) mass is 462 g/mol. The van der Waals surface area contributed by atoms with Crippen molar-refractivity contribution in [1.82, 2.24) is 15.1 Å². The van der Waals surface area contributed by atoms with Crippen molar-refractivity contribution < 1.29 is 23.5 Å². The van der Waals surface area contributed by atoms with Gasteiger partial charge in [-0.1, -0.05) is 0 Å². The van der Waals surface area contributed by atoms with Crippen molar-refractivity contribution in [2.75, 3.05) is 32.8 Å². The molecule has 5 aliphatic rings. The van der Waals surface area contributed by atoms with E-state index in [0.717, 1.165) is 51.4 Å². The number of likely N-dealkylation sites (tertiary alicyclic amines) is 2. The Morgan fingerprint density at radius 2 is 1.85 bits per heavy atom. The molecule has 5 fully saturated rings. The van der Waals surface area contributed by atoms with Gasteiger partial charge in [-0.05, 0) is 58.3 Å². The number of piperidine rings is 1. The van der Waals surface area contributed by atoms with Crippen LogP contribution in [0.15, 0.2) is 0 Å². The van der Waals surface area contributed by atoms with E-state index in [2.05, 4.69) is 5.32 Å². The van der Waals surface area contributed by atoms with Crippen LogP contribution in [0.3, 0.4) is 0 Å². The van der Waals surface area contributed by atoms with Crippen LogP contribution in [0.4, 0.5) is 4.39 Å². The lowest BCUT2D eigenvalue weighted by atomic mass is 9.56. The van der Waals surface area contributed by atoms with E-state index in [1.165, 1.54) is 4.90 Å². The predicted molar refractivity (Wildman–Crippen MR) is 117 cm³/mol. The molecule has 2 amide bonds. The summed E-state index contributed by atoms with van der Waals surface area (Å²) in [5.74, 6) is -0.496. The van der Waals surface area contributed by atoms with Crippen LogP contribution < -0.4 is 5.32 Å². The number of esters is 1. The van der Waals surface area contributed by atoms with Crippen LogP contribution in [0.5, 0.6) is 0 Å². The summed E-state index contributed by atoms with van der Waals surface area (Å²) in [6, 6.07) is 1.34. The molecule has 0 spiro atoms. The third-order valence-electron chi connectivity index (χ3n) is 8.36. The fourth-order valence-corrected chi connectivity index (χ4v) is 6.27. The molecule has 0 aromatic heterocycles. The molecule has 3 aliphatic carbocycles. The highest BCUT2D eigenvalue weighted by Gasteiger charge is 2.54. The second-order valence-corrected chi connectivity index (χ2v) is 10.3. The zero-order valence-corrected chi connectivity index (χ0v) is 19.5. The van der Waals surface area contributed by atoms with E-state index in [-0.39, 0.29) is 54.2 Å². The highest BCUT2D eigenvalue weighted by molar-refractivity contribution is 5.84. The Morgan fingerprint density at radius 1 is 1.15 bits per heavy atom. The number of nitriles is 1. The molecular weight excluding hydrogens is 427 g/mol. The van der Waals surface area contributed by atoms with Crippen molar-refractivity contribution in [3.63, 3.8) is 0 Å². The molecule has 33 heavy (non-hydrogen) atoms. The minimum atomic E-state index is -1.13. The molecule has 3 atom stereocenters. The minimum Gasteiger partial charge on any atom is -0.466 e. The van der Waals surface area contributed by atoms with Gasteiger partial charge in [0.25, 0.3) is 0 Å². The molecule has 1 N–H and O–H groups in total. The highest BCUT2D eigenvalue weighted by Crippen LogP contribution is 2.53. The van der Waals surface area contributed by atoms with Gasteiger partial charge >= 0.3 is 5.97 Å². The van der Waals surface area contributed by atoms with E-state index in [0.29, 0.717) is 19.7 Å². The molecule has 1 unspecified atom stereocenters. The SMILES string of the molecule is CCOC(=O)C1CCCN(C(=O)C23CCC(NCC(=O)N4C[C@@H](F)C[C@H]4C#N)(CC2)CC3)C1. The van der Waals surface area contributed by atoms with Crippen LogP contribution in [0.25, 0.3) is 0 Å². The summed E-state index contributed by atoms with van der Waals surface area (Å²) >= 11 is 0. The third-order valence-corrected chi connectivity index (χ3v) is 8.36. The number of hydrogen-bond donors (Lipinski definition) is 1. The Kier molecular flexibility index (Phi) is 6.94. The molecule has 3 saturated carbocycles. The lowest BCUT2D eigenvalue weighted by Gasteiger charge is -2.54. The number of rotatable bonds is 6. The van der Waals surface area contributed by atoms with Gasteiger partial charge in [0.15, 0.2) is 0 Å². The Morgan fingerprint density at radius 3 is 2.48 bits per heavy atom. The van der Waals surface area contributed by atoms with Crippen molar-refractivity contribution in [2.24, 2.45) is 11.3 Å². The second-order valence-electron chi connectivity index (χ2n) is 10.3. The van der Waals surface area contributed by atoms with E-state index in [1.54, 1.807) is 6.92 Å². The second kappa shape index (κ2) is 9.57. The average molecular weight is 463 g/mol. The van der Waals surface area contributed by atoms with Crippen LogP contribution in [-0.2, 0) is 19.1 Å². The number of alkyl halides is 1. The lowest BCUT2D eigenvalue weighted by molar-refractivity contribution is -0.157. The number of fused-ring (bicyclic) bond motifs is 3. The normalized spacial score (nSPS) is 35.8. The van der Waals surface area contributed by atoms with Crippen molar-refractivity contribution in [3.8, 4) is 6.07 Å². The first-order valence-electron chi connectivity index (χ1n) is 12.4. The molecule has 9 heteroatoms. The summed E-state index contributed by atoms with van der Waals surface area (Å²) < 4.78 is 18.8. The van der Waals surface area contributed by atoms with Crippen molar-refractivity contribution in [3.05, 3.63) is 0 Å². The number of carbonyl (C=O) groups excluding carboxylic acids is 3. The van der Waals surface area contributed by atoms with Gasteiger partial charge < -0.3 is 19.9 Å². The van der Waals surface area contributed by atoms with E-state index < -0.39 is 12.2 Å². The smallest absolute Gasteiger partial charge is 0.310 e. The number of carbonyl (C=O) groups is 3. The van der Waals surface area contributed by atoms with Crippen LogP contribution in [0.2, 0.25) is 0 Å². The molecule has 0 radical (unpaired) electrons. The predicted octanol–water partition coefficient (Wildman–Crippen LogP) is 1.93. The Labute approximate surface area is 194 Å². The maximum atomic E-state index is 13.7. The topological polar surface area (TPSA) is 103 Å². The van der Waals surface area contributed by atoms with Gasteiger partial charge in [0.05, 0.1) is 31.7 Å². The summed E-state index contributed by atoms with van der Waals surface area (Å²) in [6.45, 7) is 3.38. The van der Waals surface area contributed by atoms with Gasteiger partial charge in [-0.3, -0.25) is 14.4 Å². The Hall–Kier alpha value is -2.21. The number of nitrogens with zero attached hydrogens (tertiary/aromatic N) is 3. The lowest BCUT2D eigenvalue weighted by Crippen LogP contribution is -2.61. The molecular formula is C24H35FN4O4. The van der Waals surface area contributed by atoms with Crippen molar-refractivity contribution >= 4 is 17.8 Å². The number of ether oxygens (including phenoxy) is 1. The van der Waals surface area contributed by atoms with Crippen LogP contribution in [0, 0.1) is 22.7 Å². The molecule has 2 aliphatic heterocycles. The van der Waals surface area contributed by atoms with E-state index >= 15 is 0 Å². The maximum Gasteiger partial charge on any atom is 0.310 e. The first-order chi connectivity index (χ1) is 15.8. The van der Waals surface area contributed by atoms with Gasteiger partial charge in [0.1, 0.15) is 12.2 Å². The van der Waals surface area contributed by atoms with Gasteiger partial charge in [0.2, 0.25) is 11.8 Å². The summed E-state index contributed by atoms with van der Waals surface area (Å²) in [4.78, 5) is 41.6. The van der Waals surface area contributed by atoms with Crippen LogP contribution >= 0.6 is 0 Å². The number of halogens is 1. The number of nitrogens with one attached hydrogen (secondary N) is 1. The van der Waals surface area contributed by atoms with E-state index in [9.17, 15) is 24.0 Å². The van der Waals surface area contributed by atoms with Crippen LogP contribution in [-0.4, -0.2) is 78.1 Å². The molecule has 0 aromatic carbocycles. The first-order valence-corrected chi connectivity index (χ1v) is 12.4. The first kappa shape index (κ1) is 23.9. The van der Waals surface area contributed by atoms with Gasteiger partial charge in [-0.25, -0.2) is 4.39 Å². The summed E-state index contributed by atoms with van der Waals surface area (Å²) in [6.07, 6.45) is 5.29. The summed E-state index contributed by atoms with van der Waals surface area (Å²) in [5.41, 5.74) is -0.545. The summed E-state index contributed by atoms with van der Waals surface area (Å²) in [5, 5.41) is 12.6. The zero-order chi connectivity index (χ0) is 23.6. The van der Waals surface area contributed by atoms with Crippen molar-refractivity contribution in [2.45, 2.75) is 82.5 Å². The van der Waals surface area contributed by atoms with Crippen LogP contribution in [0.1, 0.15) is 64.7 Å². The minimum absolute atomic E-state index is 0.00796. The fraction of sp³-hybridized carbons (Fsp3) is 0.833. The fourth-order valence-electron chi connectivity index (χ4n) is 6.27. The summed E-state index contributed by atoms with van der Waals surface area (Å²) in [7, 11) is 0. The molecule has 8 nitrogen and oxygen atoms in total. The quantitative estimate of drug-likeness (QED) is 0.605. The molecule has 2 bridgehead atoms. The maximum absolute atomic E-state index is 13.7. The highest BCUT2D eigenvalue weighted by atomic mass is 19.1. The third kappa shape index (κ3) is 4.72. The molecule has 0 aromatic rings. The Bertz CT molecular complexity index is 803. The van der Waals surface area contributed by atoms with E-state index in [4.69, 9.17) is 4.74 Å².